The zero-order valence-corrected chi connectivity index (χ0v) is 9.72. The molecule has 88 valence electrons. The lowest BCUT2D eigenvalue weighted by atomic mass is 9.92. The van der Waals surface area contributed by atoms with Crippen LogP contribution in [0.4, 0.5) is 0 Å². The predicted octanol–water partition coefficient (Wildman–Crippen LogP) is 2.67. The molecule has 2 unspecified atom stereocenters. The van der Waals surface area contributed by atoms with Gasteiger partial charge >= 0.3 is 5.97 Å². The van der Waals surface area contributed by atoms with Gasteiger partial charge in [-0.2, -0.15) is 0 Å². The summed E-state index contributed by atoms with van der Waals surface area (Å²) in [4.78, 5) is 11.3. The number of hydrogen-bond donors (Lipinski definition) is 1. The zero-order chi connectivity index (χ0) is 12.0. The van der Waals surface area contributed by atoms with E-state index in [0.29, 0.717) is 13.0 Å². The van der Waals surface area contributed by atoms with Gasteiger partial charge in [0.25, 0.3) is 0 Å². The average molecular weight is 222 g/mol. The lowest BCUT2D eigenvalue weighted by Gasteiger charge is -2.22. The van der Waals surface area contributed by atoms with Crippen LogP contribution in [0, 0.1) is 0 Å². The topological polar surface area (TPSA) is 46.5 Å². The Morgan fingerprint density at radius 3 is 2.38 bits per heavy atom. The second-order valence-electron chi connectivity index (χ2n) is 3.63. The monoisotopic (exact) mass is 222 g/mol. The number of hydrogen-bond acceptors (Lipinski definition) is 2. The fraction of sp³-hybridized carbons (Fsp3) is 0.462. The molecule has 0 aliphatic heterocycles. The van der Waals surface area contributed by atoms with E-state index in [-0.39, 0.29) is 6.10 Å². The van der Waals surface area contributed by atoms with Gasteiger partial charge in [-0.25, -0.2) is 0 Å². The van der Waals surface area contributed by atoms with E-state index in [1.807, 2.05) is 44.2 Å². The third-order valence-electron chi connectivity index (χ3n) is 2.58. The van der Waals surface area contributed by atoms with E-state index in [1.165, 1.54) is 0 Å². The normalized spacial score (nSPS) is 14.4. The molecule has 0 spiro atoms. The molecule has 0 heterocycles. The van der Waals surface area contributed by atoms with Gasteiger partial charge in [-0.05, 0) is 18.9 Å². The smallest absolute Gasteiger partial charge is 0.313 e. The number of carboxylic acids is 1. The van der Waals surface area contributed by atoms with E-state index in [9.17, 15) is 9.90 Å². The minimum Gasteiger partial charge on any atom is -0.481 e. The molecule has 2 atom stereocenters. The molecule has 0 aliphatic carbocycles. The summed E-state index contributed by atoms with van der Waals surface area (Å²) in [7, 11) is 0. The van der Waals surface area contributed by atoms with E-state index in [2.05, 4.69) is 0 Å². The van der Waals surface area contributed by atoms with Crippen molar-refractivity contribution in [2.24, 2.45) is 0 Å². The molecule has 1 rings (SSSR count). The van der Waals surface area contributed by atoms with Crippen molar-refractivity contribution in [1.82, 2.24) is 0 Å². The molecule has 0 aromatic heterocycles. The third kappa shape index (κ3) is 3.07. The highest BCUT2D eigenvalue weighted by Crippen LogP contribution is 2.24. The molecule has 0 radical (unpaired) electrons. The number of aliphatic carboxylic acids is 1. The molecule has 1 N–H and O–H groups in total. The zero-order valence-electron chi connectivity index (χ0n) is 9.72. The van der Waals surface area contributed by atoms with Crippen LogP contribution >= 0.6 is 0 Å². The molecular weight excluding hydrogens is 204 g/mol. The van der Waals surface area contributed by atoms with Crippen LogP contribution in [0.25, 0.3) is 0 Å². The first-order chi connectivity index (χ1) is 7.70. The van der Waals surface area contributed by atoms with Crippen LogP contribution in [0.1, 0.15) is 31.7 Å². The molecule has 0 fully saturated rings. The summed E-state index contributed by atoms with van der Waals surface area (Å²) in [5, 5.41) is 9.27. The first-order valence-electron chi connectivity index (χ1n) is 5.60. The van der Waals surface area contributed by atoms with Crippen LogP contribution in [0.3, 0.4) is 0 Å². The fourth-order valence-corrected chi connectivity index (χ4v) is 1.84. The van der Waals surface area contributed by atoms with Gasteiger partial charge in [0, 0.05) is 6.61 Å². The summed E-state index contributed by atoms with van der Waals surface area (Å²) in [6.07, 6.45) is 0.435. The number of ether oxygens (including phenoxy) is 1. The van der Waals surface area contributed by atoms with E-state index in [0.717, 1.165) is 5.56 Å². The molecule has 3 nitrogen and oxygen atoms in total. The molecule has 16 heavy (non-hydrogen) atoms. The highest BCUT2D eigenvalue weighted by Gasteiger charge is 2.28. The quantitative estimate of drug-likeness (QED) is 0.805. The molecular formula is C13H18O3. The van der Waals surface area contributed by atoms with Gasteiger partial charge in [0.1, 0.15) is 5.92 Å². The van der Waals surface area contributed by atoms with Crippen LogP contribution in [-0.2, 0) is 9.53 Å². The van der Waals surface area contributed by atoms with Gasteiger partial charge in [-0.15, -0.1) is 0 Å². The van der Waals surface area contributed by atoms with E-state index < -0.39 is 11.9 Å². The van der Waals surface area contributed by atoms with Crippen LogP contribution in [0.15, 0.2) is 30.3 Å². The lowest BCUT2D eigenvalue weighted by molar-refractivity contribution is -0.142. The standard InChI is InChI=1S/C13H18O3/c1-3-11(16-4-2)12(13(14)15)10-8-6-5-7-9-10/h5-9,11-12H,3-4H2,1-2H3,(H,14,15). The van der Waals surface area contributed by atoms with Crippen molar-refractivity contribution in [2.75, 3.05) is 6.61 Å². The Bertz CT molecular complexity index is 321. The SMILES string of the molecule is CCOC(CC)C(C(=O)O)c1ccccc1. The summed E-state index contributed by atoms with van der Waals surface area (Å²) in [6.45, 7) is 4.36. The largest absolute Gasteiger partial charge is 0.481 e. The van der Waals surface area contributed by atoms with E-state index in [1.54, 1.807) is 0 Å². The van der Waals surface area contributed by atoms with Crippen molar-refractivity contribution in [3.8, 4) is 0 Å². The number of carbonyl (C=O) groups is 1. The maximum atomic E-state index is 11.3. The van der Waals surface area contributed by atoms with Gasteiger partial charge in [-0.3, -0.25) is 4.79 Å². The molecule has 1 aromatic carbocycles. The lowest BCUT2D eigenvalue weighted by Crippen LogP contribution is -2.28. The molecule has 0 bridgehead atoms. The second kappa shape index (κ2) is 6.28. The number of benzene rings is 1. The van der Waals surface area contributed by atoms with Gasteiger partial charge in [0.05, 0.1) is 6.10 Å². The summed E-state index contributed by atoms with van der Waals surface area (Å²) >= 11 is 0. The van der Waals surface area contributed by atoms with Crippen LogP contribution in [0.2, 0.25) is 0 Å². The maximum absolute atomic E-state index is 11.3. The fourth-order valence-electron chi connectivity index (χ4n) is 1.84. The van der Waals surface area contributed by atoms with Crippen molar-refractivity contribution in [3.05, 3.63) is 35.9 Å². The number of rotatable bonds is 6. The van der Waals surface area contributed by atoms with Crippen molar-refractivity contribution < 1.29 is 14.6 Å². The van der Waals surface area contributed by atoms with Gasteiger partial charge < -0.3 is 9.84 Å². The summed E-state index contributed by atoms with van der Waals surface area (Å²) in [5.41, 5.74) is 0.801. The van der Waals surface area contributed by atoms with Crippen LogP contribution in [-0.4, -0.2) is 23.8 Å². The minimum atomic E-state index is -0.827. The van der Waals surface area contributed by atoms with Crippen molar-refractivity contribution >= 4 is 5.97 Å². The summed E-state index contributed by atoms with van der Waals surface area (Å²) in [6, 6.07) is 9.25. The predicted molar refractivity (Wildman–Crippen MR) is 62.5 cm³/mol. The summed E-state index contributed by atoms with van der Waals surface area (Å²) in [5.74, 6) is -1.40. The first kappa shape index (κ1) is 12.7. The maximum Gasteiger partial charge on any atom is 0.313 e. The Hall–Kier alpha value is -1.35. The highest BCUT2D eigenvalue weighted by atomic mass is 16.5. The minimum absolute atomic E-state index is 0.259. The molecule has 3 heteroatoms. The number of carboxylic acid groups (broad SMARTS) is 1. The molecule has 0 amide bonds. The third-order valence-corrected chi connectivity index (χ3v) is 2.58. The first-order valence-corrected chi connectivity index (χ1v) is 5.60. The van der Waals surface area contributed by atoms with Gasteiger partial charge in [-0.1, -0.05) is 37.3 Å². The molecule has 1 aromatic rings. The van der Waals surface area contributed by atoms with Crippen molar-refractivity contribution in [1.29, 1.82) is 0 Å². The molecule has 0 saturated carbocycles. The van der Waals surface area contributed by atoms with Crippen LogP contribution in [0.5, 0.6) is 0 Å². The second-order valence-corrected chi connectivity index (χ2v) is 3.63. The highest BCUT2D eigenvalue weighted by molar-refractivity contribution is 5.76. The van der Waals surface area contributed by atoms with Gasteiger partial charge in [0.15, 0.2) is 0 Å². The Morgan fingerprint density at radius 1 is 1.31 bits per heavy atom. The Labute approximate surface area is 96.1 Å². The van der Waals surface area contributed by atoms with E-state index >= 15 is 0 Å². The molecule has 0 saturated heterocycles. The van der Waals surface area contributed by atoms with Crippen LogP contribution < -0.4 is 0 Å². The van der Waals surface area contributed by atoms with E-state index in [4.69, 9.17) is 4.74 Å². The van der Waals surface area contributed by atoms with Crippen molar-refractivity contribution in [2.45, 2.75) is 32.3 Å². The summed E-state index contributed by atoms with van der Waals surface area (Å²) < 4.78 is 5.49. The Balaban J connectivity index is 2.94. The molecule has 0 aliphatic rings. The Kier molecular flexibility index (Phi) is 4.99. The van der Waals surface area contributed by atoms with Gasteiger partial charge in [0.2, 0.25) is 0 Å². The average Bonchev–Trinajstić information content (AvgIpc) is 2.29. The van der Waals surface area contributed by atoms with Crippen molar-refractivity contribution in [3.63, 3.8) is 0 Å². The Morgan fingerprint density at radius 2 is 1.94 bits per heavy atom.